The minimum atomic E-state index is -3.06. The Morgan fingerprint density at radius 2 is 1.81 bits per heavy atom. The number of aromatic nitrogens is 1. The molecular weight excluding hydrogens is 366 g/mol. The number of hydrogen-bond donors (Lipinski definition) is 1. The van der Waals surface area contributed by atoms with Crippen LogP contribution in [0, 0.1) is 0 Å². The Labute approximate surface area is 158 Å². The van der Waals surface area contributed by atoms with Crippen LogP contribution >= 0.6 is 0 Å². The van der Waals surface area contributed by atoms with E-state index in [9.17, 15) is 18.0 Å². The molecule has 1 atom stereocenters. The maximum absolute atomic E-state index is 12.7. The summed E-state index contributed by atoms with van der Waals surface area (Å²) in [6, 6.07) is 8.37. The molecule has 7 nitrogen and oxygen atoms in total. The van der Waals surface area contributed by atoms with E-state index in [4.69, 9.17) is 0 Å². The molecule has 1 aromatic heterocycles. The normalized spacial score (nSPS) is 18.1. The number of nitrogens with one attached hydrogen (secondary N) is 1. The number of rotatable bonds is 5. The van der Waals surface area contributed by atoms with Crippen LogP contribution in [-0.4, -0.2) is 54.6 Å². The van der Waals surface area contributed by atoms with E-state index in [2.05, 4.69) is 10.3 Å². The lowest BCUT2D eigenvalue weighted by atomic mass is 10.1. The fourth-order valence-corrected chi connectivity index (χ4v) is 4.80. The number of pyridine rings is 1. The highest BCUT2D eigenvalue weighted by molar-refractivity contribution is 7.91. The Kier molecular flexibility index (Phi) is 5.27. The zero-order valence-corrected chi connectivity index (χ0v) is 16.0. The summed E-state index contributed by atoms with van der Waals surface area (Å²) in [6.07, 6.45) is 3.51. The molecule has 142 valence electrons. The molecule has 0 saturated carbocycles. The van der Waals surface area contributed by atoms with E-state index in [1.54, 1.807) is 43.6 Å². The lowest BCUT2D eigenvalue weighted by molar-refractivity contribution is 0.0747. The first-order chi connectivity index (χ1) is 12.7. The average Bonchev–Trinajstić information content (AvgIpc) is 3.01. The van der Waals surface area contributed by atoms with E-state index in [0.29, 0.717) is 23.2 Å². The maximum Gasteiger partial charge on any atom is 0.255 e. The van der Waals surface area contributed by atoms with Gasteiger partial charge in [-0.05, 0) is 43.7 Å². The number of benzene rings is 1. The predicted molar refractivity (Wildman–Crippen MR) is 103 cm³/mol. The molecule has 1 aromatic carbocycles. The average molecular weight is 387 g/mol. The topological polar surface area (TPSA) is 96.4 Å². The quantitative estimate of drug-likeness (QED) is 0.791. The molecule has 1 N–H and O–H groups in total. The highest BCUT2D eigenvalue weighted by Crippen LogP contribution is 2.21. The van der Waals surface area contributed by atoms with Gasteiger partial charge in [-0.15, -0.1) is 0 Å². The van der Waals surface area contributed by atoms with Crippen molar-refractivity contribution in [2.45, 2.75) is 19.4 Å². The van der Waals surface area contributed by atoms with Crippen LogP contribution in [0.2, 0.25) is 0 Å². The van der Waals surface area contributed by atoms with Crippen LogP contribution in [0.1, 0.15) is 34.1 Å². The molecule has 0 bridgehead atoms. The number of amides is 1. The monoisotopic (exact) mass is 387 g/mol. The summed E-state index contributed by atoms with van der Waals surface area (Å²) in [6.45, 7) is 1.51. The molecule has 0 aliphatic carbocycles. The Hall–Kier alpha value is -2.74. The van der Waals surface area contributed by atoms with Crippen LogP contribution in [0.15, 0.2) is 42.7 Å². The highest BCUT2D eigenvalue weighted by atomic mass is 32.2. The number of anilines is 2. The minimum absolute atomic E-state index is 0.00308. The van der Waals surface area contributed by atoms with Gasteiger partial charge in [0, 0.05) is 30.5 Å². The second-order valence-corrected chi connectivity index (χ2v) is 8.92. The minimum Gasteiger partial charge on any atom is -0.354 e. The molecule has 8 heteroatoms. The summed E-state index contributed by atoms with van der Waals surface area (Å²) in [5.74, 6) is -0.151. The smallest absolute Gasteiger partial charge is 0.255 e. The van der Waals surface area contributed by atoms with Gasteiger partial charge in [0.15, 0.2) is 15.6 Å². The summed E-state index contributed by atoms with van der Waals surface area (Å²) in [5, 5.41) is 3.15. The number of ketones is 1. The Balaban J connectivity index is 1.73. The van der Waals surface area contributed by atoms with Gasteiger partial charge in [-0.25, -0.2) is 8.42 Å². The van der Waals surface area contributed by atoms with Gasteiger partial charge < -0.3 is 10.2 Å². The standard InChI is InChI=1S/C19H21N3O4S/c1-13(23)14-3-5-16(6-4-14)21-17-9-15(10-20-11-17)19(24)22(2)18-7-8-27(25,26)12-18/h3-6,9-11,18,21H,7-8,12H2,1-2H3. The second kappa shape index (κ2) is 7.48. The molecule has 27 heavy (non-hydrogen) atoms. The van der Waals surface area contributed by atoms with E-state index in [-0.39, 0.29) is 29.2 Å². The van der Waals surface area contributed by atoms with Crippen molar-refractivity contribution in [1.29, 1.82) is 0 Å². The van der Waals surface area contributed by atoms with Crippen molar-refractivity contribution in [2.24, 2.45) is 0 Å². The molecular formula is C19H21N3O4S. The Morgan fingerprint density at radius 3 is 2.41 bits per heavy atom. The number of carbonyl (C=O) groups is 2. The van der Waals surface area contributed by atoms with E-state index >= 15 is 0 Å². The first kappa shape index (κ1) is 19.0. The molecule has 2 aromatic rings. The van der Waals surface area contributed by atoms with Crippen LogP contribution in [0.25, 0.3) is 0 Å². The van der Waals surface area contributed by atoms with Crippen LogP contribution in [0.3, 0.4) is 0 Å². The molecule has 1 amide bonds. The lowest BCUT2D eigenvalue weighted by Crippen LogP contribution is -2.37. The molecule has 3 rings (SSSR count). The van der Waals surface area contributed by atoms with Crippen molar-refractivity contribution < 1.29 is 18.0 Å². The summed E-state index contributed by atoms with van der Waals surface area (Å²) in [4.78, 5) is 29.6. The van der Waals surface area contributed by atoms with Gasteiger partial charge in [-0.3, -0.25) is 14.6 Å². The summed E-state index contributed by atoms with van der Waals surface area (Å²) < 4.78 is 23.3. The Bertz CT molecular complexity index is 971. The van der Waals surface area contributed by atoms with Gasteiger partial charge >= 0.3 is 0 Å². The fraction of sp³-hybridized carbons (Fsp3) is 0.316. The molecule has 1 fully saturated rings. The maximum atomic E-state index is 12.7. The number of sulfone groups is 1. The van der Waals surface area contributed by atoms with Crippen molar-refractivity contribution in [3.8, 4) is 0 Å². The van der Waals surface area contributed by atoms with Crippen molar-refractivity contribution in [1.82, 2.24) is 9.88 Å². The molecule has 2 heterocycles. The molecule has 1 saturated heterocycles. The van der Waals surface area contributed by atoms with Crippen molar-refractivity contribution in [2.75, 3.05) is 23.9 Å². The Morgan fingerprint density at radius 1 is 1.11 bits per heavy atom. The summed E-state index contributed by atoms with van der Waals surface area (Å²) in [5.41, 5.74) is 2.40. The first-order valence-electron chi connectivity index (χ1n) is 8.56. The van der Waals surface area contributed by atoms with E-state index in [0.717, 1.165) is 5.69 Å². The molecule has 1 aliphatic rings. The van der Waals surface area contributed by atoms with Crippen molar-refractivity contribution in [3.05, 3.63) is 53.9 Å². The SMILES string of the molecule is CC(=O)c1ccc(Nc2cncc(C(=O)N(C)C3CCS(=O)(=O)C3)c2)cc1. The van der Waals surface area contributed by atoms with Gasteiger partial charge in [0.25, 0.3) is 5.91 Å². The zero-order chi connectivity index (χ0) is 19.6. The van der Waals surface area contributed by atoms with Crippen molar-refractivity contribution in [3.63, 3.8) is 0 Å². The van der Waals surface area contributed by atoms with Crippen LogP contribution in [0.5, 0.6) is 0 Å². The third kappa shape index (κ3) is 4.51. The lowest BCUT2D eigenvalue weighted by Gasteiger charge is -2.23. The third-order valence-electron chi connectivity index (χ3n) is 4.64. The van der Waals surface area contributed by atoms with Gasteiger partial charge in [0.2, 0.25) is 0 Å². The predicted octanol–water partition coefficient (Wildman–Crippen LogP) is 2.29. The second-order valence-electron chi connectivity index (χ2n) is 6.69. The molecule has 0 spiro atoms. The first-order valence-corrected chi connectivity index (χ1v) is 10.4. The van der Waals surface area contributed by atoms with E-state index < -0.39 is 9.84 Å². The zero-order valence-electron chi connectivity index (χ0n) is 15.2. The fourth-order valence-electron chi connectivity index (χ4n) is 3.03. The van der Waals surface area contributed by atoms with Crippen LogP contribution < -0.4 is 5.32 Å². The van der Waals surface area contributed by atoms with Crippen LogP contribution in [-0.2, 0) is 9.84 Å². The van der Waals surface area contributed by atoms with E-state index in [1.165, 1.54) is 18.0 Å². The van der Waals surface area contributed by atoms with E-state index in [1.807, 2.05) is 0 Å². The number of hydrogen-bond acceptors (Lipinski definition) is 6. The highest BCUT2D eigenvalue weighted by Gasteiger charge is 2.33. The molecule has 1 unspecified atom stereocenters. The van der Waals surface area contributed by atoms with Gasteiger partial charge in [-0.2, -0.15) is 0 Å². The summed E-state index contributed by atoms with van der Waals surface area (Å²) in [7, 11) is -1.44. The van der Waals surface area contributed by atoms with Gasteiger partial charge in [-0.1, -0.05) is 0 Å². The van der Waals surface area contributed by atoms with Gasteiger partial charge in [0.1, 0.15) is 0 Å². The number of Topliss-reactive ketones (excluding diaryl/α,β-unsaturated/α-hetero) is 1. The number of nitrogens with zero attached hydrogens (tertiary/aromatic N) is 2. The van der Waals surface area contributed by atoms with Crippen molar-refractivity contribution >= 4 is 32.9 Å². The summed E-state index contributed by atoms with van der Waals surface area (Å²) >= 11 is 0. The van der Waals surface area contributed by atoms with Crippen LogP contribution in [0.4, 0.5) is 11.4 Å². The molecule has 1 aliphatic heterocycles. The largest absolute Gasteiger partial charge is 0.354 e. The van der Waals surface area contributed by atoms with Gasteiger partial charge in [0.05, 0.1) is 29.0 Å². The number of carbonyl (C=O) groups excluding carboxylic acids is 2. The third-order valence-corrected chi connectivity index (χ3v) is 6.39. The molecule has 0 radical (unpaired) electrons.